The second-order valence-corrected chi connectivity index (χ2v) is 3.11. The lowest BCUT2D eigenvalue weighted by Gasteiger charge is -1.97. The van der Waals surface area contributed by atoms with Gasteiger partial charge in [0.05, 0.1) is 6.61 Å². The average Bonchev–Trinajstić information content (AvgIpc) is 2.07. The minimum atomic E-state index is -0.282. The normalized spacial score (nSPS) is 10.9. The van der Waals surface area contributed by atoms with E-state index >= 15 is 0 Å². The maximum atomic E-state index is 12.7. The van der Waals surface area contributed by atoms with Crippen LogP contribution in [0.3, 0.4) is 0 Å². The van der Waals surface area contributed by atoms with E-state index in [2.05, 4.69) is 15.9 Å². The van der Waals surface area contributed by atoms with Crippen molar-refractivity contribution in [2.45, 2.75) is 0 Å². The van der Waals surface area contributed by atoms with E-state index in [1.165, 1.54) is 12.1 Å². The summed E-state index contributed by atoms with van der Waals surface area (Å²) < 4.78 is 13.5. The number of aliphatic hydroxyl groups is 1. The maximum absolute atomic E-state index is 12.7. The molecule has 0 aliphatic heterocycles. The number of hydrogen-bond donors (Lipinski definition) is 1. The Hall–Kier alpha value is -0.670. The SMILES string of the molecule is OC/C=C/c1cc(F)ccc1Br. The zero-order valence-electron chi connectivity index (χ0n) is 6.30. The van der Waals surface area contributed by atoms with Crippen molar-refractivity contribution in [2.24, 2.45) is 0 Å². The fourth-order valence-electron chi connectivity index (χ4n) is 0.822. The van der Waals surface area contributed by atoms with Crippen molar-refractivity contribution in [1.29, 1.82) is 0 Å². The first-order chi connectivity index (χ1) is 5.74. The molecule has 1 rings (SSSR count). The van der Waals surface area contributed by atoms with Crippen molar-refractivity contribution in [2.75, 3.05) is 6.61 Å². The molecule has 1 N–H and O–H groups in total. The van der Waals surface area contributed by atoms with Crippen LogP contribution in [0.5, 0.6) is 0 Å². The maximum Gasteiger partial charge on any atom is 0.123 e. The number of aliphatic hydroxyl groups excluding tert-OH is 1. The molecule has 1 aromatic carbocycles. The van der Waals surface area contributed by atoms with Crippen molar-refractivity contribution in [1.82, 2.24) is 0 Å². The summed E-state index contributed by atoms with van der Waals surface area (Å²) in [6, 6.07) is 4.41. The van der Waals surface area contributed by atoms with E-state index in [9.17, 15) is 4.39 Å². The van der Waals surface area contributed by atoms with Gasteiger partial charge in [0.1, 0.15) is 5.82 Å². The highest BCUT2D eigenvalue weighted by molar-refractivity contribution is 9.10. The molecule has 12 heavy (non-hydrogen) atoms. The highest BCUT2D eigenvalue weighted by Gasteiger charge is 1.96. The van der Waals surface area contributed by atoms with Crippen molar-refractivity contribution in [3.05, 3.63) is 40.1 Å². The van der Waals surface area contributed by atoms with Gasteiger partial charge in [0.15, 0.2) is 0 Å². The van der Waals surface area contributed by atoms with E-state index in [1.54, 1.807) is 18.2 Å². The molecule has 0 amide bonds. The second-order valence-electron chi connectivity index (χ2n) is 2.25. The summed E-state index contributed by atoms with van der Waals surface area (Å²) in [6.07, 6.45) is 3.21. The summed E-state index contributed by atoms with van der Waals surface area (Å²) in [4.78, 5) is 0. The Morgan fingerprint density at radius 3 is 2.92 bits per heavy atom. The van der Waals surface area contributed by atoms with E-state index in [-0.39, 0.29) is 12.4 Å². The van der Waals surface area contributed by atoms with Gasteiger partial charge in [-0.05, 0) is 23.8 Å². The van der Waals surface area contributed by atoms with Crippen molar-refractivity contribution >= 4 is 22.0 Å². The third kappa shape index (κ3) is 2.43. The van der Waals surface area contributed by atoms with E-state index in [0.717, 1.165) is 10.0 Å². The zero-order chi connectivity index (χ0) is 8.97. The van der Waals surface area contributed by atoms with Crippen LogP contribution in [0.4, 0.5) is 4.39 Å². The van der Waals surface area contributed by atoms with Crippen LogP contribution < -0.4 is 0 Å². The summed E-state index contributed by atoms with van der Waals surface area (Å²) in [5, 5.41) is 8.49. The molecule has 1 nitrogen and oxygen atoms in total. The largest absolute Gasteiger partial charge is 0.392 e. The van der Waals surface area contributed by atoms with Crippen LogP contribution in [0, 0.1) is 5.82 Å². The molecule has 0 atom stereocenters. The van der Waals surface area contributed by atoms with Crippen LogP contribution in [0.25, 0.3) is 6.08 Å². The summed E-state index contributed by atoms with van der Waals surface area (Å²) in [5.74, 6) is -0.282. The number of halogens is 2. The van der Waals surface area contributed by atoms with Gasteiger partial charge in [-0.25, -0.2) is 4.39 Å². The van der Waals surface area contributed by atoms with Gasteiger partial charge in [-0.2, -0.15) is 0 Å². The quantitative estimate of drug-likeness (QED) is 0.829. The third-order valence-electron chi connectivity index (χ3n) is 1.36. The lowest BCUT2D eigenvalue weighted by molar-refractivity contribution is 0.343. The lowest BCUT2D eigenvalue weighted by Crippen LogP contribution is -1.80. The fraction of sp³-hybridized carbons (Fsp3) is 0.111. The van der Waals surface area contributed by atoms with Crippen molar-refractivity contribution in [3.63, 3.8) is 0 Å². The predicted molar refractivity (Wildman–Crippen MR) is 50.2 cm³/mol. The van der Waals surface area contributed by atoms with Crippen molar-refractivity contribution in [3.8, 4) is 0 Å². The molecule has 0 fully saturated rings. The third-order valence-corrected chi connectivity index (χ3v) is 2.08. The van der Waals surface area contributed by atoms with Crippen LogP contribution in [-0.4, -0.2) is 11.7 Å². The summed E-state index contributed by atoms with van der Waals surface area (Å²) >= 11 is 3.26. The molecule has 0 unspecified atom stereocenters. The molecule has 0 radical (unpaired) electrons. The van der Waals surface area contributed by atoms with Gasteiger partial charge in [-0.3, -0.25) is 0 Å². The molecule has 0 spiro atoms. The Labute approximate surface area is 78.7 Å². The van der Waals surface area contributed by atoms with E-state index in [4.69, 9.17) is 5.11 Å². The number of benzene rings is 1. The van der Waals surface area contributed by atoms with Gasteiger partial charge in [0.25, 0.3) is 0 Å². The first kappa shape index (κ1) is 9.42. The Morgan fingerprint density at radius 1 is 1.50 bits per heavy atom. The van der Waals surface area contributed by atoms with Gasteiger partial charge in [-0.15, -0.1) is 0 Å². The molecule has 1 aromatic rings. The fourth-order valence-corrected chi connectivity index (χ4v) is 1.20. The first-order valence-corrected chi connectivity index (χ1v) is 4.26. The van der Waals surface area contributed by atoms with Crippen LogP contribution >= 0.6 is 15.9 Å². The smallest absolute Gasteiger partial charge is 0.123 e. The molecule has 0 saturated carbocycles. The summed E-state index contributed by atoms with van der Waals surface area (Å²) in [5.41, 5.74) is 0.726. The standard InChI is InChI=1S/C9H8BrFO/c10-9-4-3-8(11)6-7(9)2-1-5-12/h1-4,6,12H,5H2/b2-1+. The van der Waals surface area contributed by atoms with Gasteiger partial charge in [0, 0.05) is 4.47 Å². The zero-order valence-corrected chi connectivity index (χ0v) is 7.88. The number of rotatable bonds is 2. The van der Waals surface area contributed by atoms with Gasteiger partial charge in [0.2, 0.25) is 0 Å². The van der Waals surface area contributed by atoms with Crippen LogP contribution in [0.1, 0.15) is 5.56 Å². The molecule has 64 valence electrons. The topological polar surface area (TPSA) is 20.2 Å². The average molecular weight is 231 g/mol. The number of hydrogen-bond acceptors (Lipinski definition) is 1. The monoisotopic (exact) mass is 230 g/mol. The highest BCUT2D eigenvalue weighted by Crippen LogP contribution is 2.18. The molecule has 0 heterocycles. The predicted octanol–water partition coefficient (Wildman–Crippen LogP) is 2.59. The Bertz CT molecular complexity index is 297. The molecule has 0 aliphatic rings. The molecule has 0 aliphatic carbocycles. The second kappa shape index (κ2) is 4.38. The van der Waals surface area contributed by atoms with Crippen LogP contribution in [0.2, 0.25) is 0 Å². The lowest BCUT2D eigenvalue weighted by atomic mass is 10.2. The molecular weight excluding hydrogens is 223 g/mol. The van der Waals surface area contributed by atoms with Crippen molar-refractivity contribution < 1.29 is 9.50 Å². The van der Waals surface area contributed by atoms with Crippen LogP contribution in [0.15, 0.2) is 28.7 Å². The summed E-state index contributed by atoms with van der Waals surface area (Å²) in [7, 11) is 0. The highest BCUT2D eigenvalue weighted by atomic mass is 79.9. The van der Waals surface area contributed by atoms with Gasteiger partial charge >= 0.3 is 0 Å². The molecule has 0 aromatic heterocycles. The minimum Gasteiger partial charge on any atom is -0.392 e. The Kier molecular flexibility index (Phi) is 3.44. The Balaban J connectivity index is 2.97. The van der Waals surface area contributed by atoms with Crippen LogP contribution in [-0.2, 0) is 0 Å². The molecule has 0 bridgehead atoms. The molecule has 0 saturated heterocycles. The molecular formula is C9H8BrFO. The van der Waals surface area contributed by atoms with Gasteiger partial charge < -0.3 is 5.11 Å². The van der Waals surface area contributed by atoms with E-state index in [1.807, 2.05) is 0 Å². The first-order valence-electron chi connectivity index (χ1n) is 3.46. The summed E-state index contributed by atoms with van der Waals surface area (Å²) in [6.45, 7) is -0.0387. The van der Waals surface area contributed by atoms with Gasteiger partial charge in [-0.1, -0.05) is 28.1 Å². The molecule has 3 heteroatoms. The minimum absolute atomic E-state index is 0.0387. The van der Waals surface area contributed by atoms with E-state index < -0.39 is 0 Å². The Morgan fingerprint density at radius 2 is 2.25 bits per heavy atom. The van der Waals surface area contributed by atoms with E-state index in [0.29, 0.717) is 0 Å².